The number of hydrogen-bond acceptors (Lipinski definition) is 5. The molecule has 2 saturated heterocycles. The summed E-state index contributed by atoms with van der Waals surface area (Å²) in [6, 6.07) is 4.09. The number of methoxy groups -OCH3 is 1. The van der Waals surface area contributed by atoms with Crippen LogP contribution in [-0.2, 0) is 14.8 Å². The van der Waals surface area contributed by atoms with Gasteiger partial charge in [-0.15, -0.1) is 0 Å². The summed E-state index contributed by atoms with van der Waals surface area (Å²) in [5, 5.41) is 0. The molecule has 2 bridgehead atoms. The molecule has 2 unspecified atom stereocenters. The van der Waals surface area contributed by atoms with Gasteiger partial charge in [-0.25, -0.2) is 12.8 Å². The molecule has 2 aliphatic heterocycles. The first-order chi connectivity index (χ1) is 13.0. The molecule has 4 rings (SSSR count). The highest BCUT2D eigenvalue weighted by atomic mass is 32.2. The smallest absolute Gasteiger partial charge is 0.246 e. The first-order valence-electron chi connectivity index (χ1n) is 9.66. The molecule has 2 heterocycles. The van der Waals surface area contributed by atoms with Gasteiger partial charge < -0.3 is 9.47 Å². The number of fused-ring (bicyclic) bond motifs is 2. The van der Waals surface area contributed by atoms with Gasteiger partial charge in [0.25, 0.3) is 0 Å². The molecule has 0 N–H and O–H groups in total. The van der Waals surface area contributed by atoms with Gasteiger partial charge in [0, 0.05) is 32.2 Å². The maximum Gasteiger partial charge on any atom is 0.246 e. The van der Waals surface area contributed by atoms with Gasteiger partial charge in [-0.1, -0.05) is 6.42 Å². The average molecular weight is 399 g/mol. The molecule has 150 valence electrons. The molecule has 1 aromatic carbocycles. The zero-order chi connectivity index (χ0) is 19.0. The molecule has 0 aromatic heterocycles. The van der Waals surface area contributed by atoms with E-state index in [1.54, 1.807) is 4.31 Å². The van der Waals surface area contributed by atoms with Crippen LogP contribution in [0.25, 0.3) is 0 Å². The average Bonchev–Trinajstić information content (AvgIpc) is 2.67. The lowest BCUT2D eigenvalue weighted by Gasteiger charge is -2.51. The Morgan fingerprint density at radius 1 is 1.15 bits per heavy atom. The second-order valence-electron chi connectivity index (χ2n) is 7.71. The highest BCUT2D eigenvalue weighted by Crippen LogP contribution is 2.41. The Labute approximate surface area is 160 Å². The van der Waals surface area contributed by atoms with E-state index in [2.05, 4.69) is 4.90 Å². The van der Waals surface area contributed by atoms with Crippen molar-refractivity contribution in [3.05, 3.63) is 24.0 Å². The van der Waals surface area contributed by atoms with Crippen molar-refractivity contribution in [1.82, 2.24) is 9.21 Å². The fourth-order valence-electron chi connectivity index (χ4n) is 5.02. The van der Waals surface area contributed by atoms with Crippen molar-refractivity contribution >= 4 is 10.0 Å². The minimum Gasteiger partial charge on any atom is -0.495 e. The Balaban J connectivity index is 1.60. The van der Waals surface area contributed by atoms with Gasteiger partial charge >= 0.3 is 0 Å². The van der Waals surface area contributed by atoms with Crippen molar-refractivity contribution < 1.29 is 22.3 Å². The van der Waals surface area contributed by atoms with E-state index >= 15 is 0 Å². The number of sulfonamides is 1. The minimum absolute atomic E-state index is 0.0760. The number of piperidine rings is 1. The highest BCUT2D eigenvalue weighted by Gasteiger charge is 2.46. The van der Waals surface area contributed by atoms with Crippen molar-refractivity contribution in [2.24, 2.45) is 11.8 Å². The van der Waals surface area contributed by atoms with E-state index in [0.29, 0.717) is 31.0 Å². The molecule has 1 aliphatic carbocycles. The second kappa shape index (κ2) is 7.66. The lowest BCUT2D eigenvalue weighted by molar-refractivity contribution is -0.0480. The fourth-order valence-corrected chi connectivity index (χ4v) is 6.74. The van der Waals surface area contributed by atoms with Crippen molar-refractivity contribution in [3.8, 4) is 5.75 Å². The van der Waals surface area contributed by atoms with E-state index in [1.807, 2.05) is 0 Å². The molecule has 2 atom stereocenters. The third-order valence-corrected chi connectivity index (χ3v) is 8.06. The van der Waals surface area contributed by atoms with Gasteiger partial charge in [-0.2, -0.15) is 4.31 Å². The zero-order valence-corrected chi connectivity index (χ0v) is 16.5. The minimum atomic E-state index is -3.80. The Kier molecular flexibility index (Phi) is 5.42. The SMILES string of the molecule is COc1ccc(F)cc1S(=O)(=O)N1CC2CCCC(C1)C2N1CCOCC1. The van der Waals surface area contributed by atoms with Gasteiger partial charge in [0.05, 0.1) is 20.3 Å². The van der Waals surface area contributed by atoms with E-state index in [4.69, 9.17) is 9.47 Å². The number of nitrogens with zero attached hydrogens (tertiary/aromatic N) is 2. The summed E-state index contributed by atoms with van der Waals surface area (Å²) < 4.78 is 52.5. The molecular weight excluding hydrogens is 371 g/mol. The quantitative estimate of drug-likeness (QED) is 0.776. The predicted molar refractivity (Wildman–Crippen MR) is 98.7 cm³/mol. The summed E-state index contributed by atoms with van der Waals surface area (Å²) in [5.74, 6) is 0.240. The van der Waals surface area contributed by atoms with E-state index < -0.39 is 15.8 Å². The van der Waals surface area contributed by atoms with Crippen LogP contribution in [-0.4, -0.2) is 70.2 Å². The molecule has 1 aromatic rings. The largest absolute Gasteiger partial charge is 0.495 e. The number of rotatable bonds is 4. The number of hydrogen-bond donors (Lipinski definition) is 0. The van der Waals surface area contributed by atoms with Crippen molar-refractivity contribution in [3.63, 3.8) is 0 Å². The Hall–Kier alpha value is -1.22. The predicted octanol–water partition coefficient (Wildman–Crippen LogP) is 1.96. The third kappa shape index (κ3) is 3.60. The van der Waals surface area contributed by atoms with Gasteiger partial charge in [0.1, 0.15) is 16.5 Å². The van der Waals surface area contributed by atoms with E-state index in [9.17, 15) is 12.8 Å². The van der Waals surface area contributed by atoms with Crippen LogP contribution >= 0.6 is 0 Å². The highest BCUT2D eigenvalue weighted by molar-refractivity contribution is 7.89. The van der Waals surface area contributed by atoms with Gasteiger partial charge in [0.15, 0.2) is 0 Å². The Morgan fingerprint density at radius 2 is 1.81 bits per heavy atom. The van der Waals surface area contributed by atoms with Crippen LogP contribution < -0.4 is 4.74 Å². The molecular formula is C19H27FN2O4S. The molecule has 27 heavy (non-hydrogen) atoms. The number of ether oxygens (including phenoxy) is 2. The van der Waals surface area contributed by atoms with Crippen LogP contribution in [0.5, 0.6) is 5.75 Å². The number of halogens is 1. The first-order valence-corrected chi connectivity index (χ1v) is 11.1. The normalized spacial score (nSPS) is 30.2. The molecule has 1 saturated carbocycles. The van der Waals surface area contributed by atoms with Crippen molar-refractivity contribution in [2.75, 3.05) is 46.5 Å². The van der Waals surface area contributed by atoms with Crippen LogP contribution in [0.1, 0.15) is 19.3 Å². The summed E-state index contributed by atoms with van der Waals surface area (Å²) in [7, 11) is -2.39. The van der Waals surface area contributed by atoms with Crippen LogP contribution in [0, 0.1) is 17.7 Å². The monoisotopic (exact) mass is 398 g/mol. The van der Waals surface area contributed by atoms with Gasteiger partial charge in [-0.05, 0) is 42.9 Å². The Bertz CT molecular complexity index is 768. The van der Waals surface area contributed by atoms with Crippen LogP contribution in [0.15, 0.2) is 23.1 Å². The van der Waals surface area contributed by atoms with E-state index in [0.717, 1.165) is 51.6 Å². The van der Waals surface area contributed by atoms with Gasteiger partial charge in [0.2, 0.25) is 10.0 Å². The lowest BCUT2D eigenvalue weighted by atomic mass is 9.73. The summed E-state index contributed by atoms with van der Waals surface area (Å²) in [4.78, 5) is 2.41. The van der Waals surface area contributed by atoms with Gasteiger partial charge in [-0.3, -0.25) is 4.90 Å². The molecule has 6 nitrogen and oxygen atoms in total. The number of morpholine rings is 1. The van der Waals surface area contributed by atoms with Crippen LogP contribution in [0.3, 0.4) is 0 Å². The standard InChI is InChI=1S/C19H27FN2O4S/c1-25-17-6-5-16(20)11-18(17)27(23,24)22-12-14-3-2-4-15(13-22)19(14)21-7-9-26-10-8-21/h5-6,11,14-15,19H,2-4,7-10,12-13H2,1H3. The third-order valence-electron chi connectivity index (χ3n) is 6.20. The van der Waals surface area contributed by atoms with Crippen molar-refractivity contribution in [2.45, 2.75) is 30.2 Å². The molecule has 0 radical (unpaired) electrons. The van der Waals surface area contributed by atoms with Crippen LogP contribution in [0.4, 0.5) is 4.39 Å². The second-order valence-corrected chi connectivity index (χ2v) is 9.61. The van der Waals surface area contributed by atoms with E-state index in [-0.39, 0.29) is 10.6 Å². The lowest BCUT2D eigenvalue weighted by Crippen LogP contribution is -2.60. The summed E-state index contributed by atoms with van der Waals surface area (Å²) in [5.41, 5.74) is 0. The molecule has 3 aliphatic rings. The fraction of sp³-hybridized carbons (Fsp3) is 0.684. The van der Waals surface area contributed by atoms with Crippen molar-refractivity contribution in [1.29, 1.82) is 0 Å². The molecule has 8 heteroatoms. The number of benzene rings is 1. The topological polar surface area (TPSA) is 59.1 Å². The van der Waals surface area contributed by atoms with E-state index in [1.165, 1.54) is 19.2 Å². The summed E-state index contributed by atoms with van der Waals surface area (Å²) in [6.45, 7) is 4.31. The summed E-state index contributed by atoms with van der Waals surface area (Å²) in [6.07, 6.45) is 3.21. The summed E-state index contributed by atoms with van der Waals surface area (Å²) >= 11 is 0. The zero-order valence-electron chi connectivity index (χ0n) is 15.6. The molecule has 0 amide bonds. The van der Waals surface area contributed by atoms with Crippen LogP contribution in [0.2, 0.25) is 0 Å². The molecule has 0 spiro atoms. The maximum atomic E-state index is 13.8. The molecule has 3 fully saturated rings. The Morgan fingerprint density at radius 3 is 2.44 bits per heavy atom. The maximum absolute atomic E-state index is 13.8. The first kappa shape index (κ1) is 19.1.